The average molecular weight is 618 g/mol. The van der Waals surface area contributed by atoms with Crippen LogP contribution in [0.1, 0.15) is 99.8 Å². The van der Waals surface area contributed by atoms with Crippen LogP contribution in [0.3, 0.4) is 0 Å². The van der Waals surface area contributed by atoms with E-state index in [1.807, 2.05) is 13.8 Å². The number of ether oxygens (including phenoxy) is 1. The van der Waals surface area contributed by atoms with Crippen LogP contribution in [0.2, 0.25) is 0 Å². The van der Waals surface area contributed by atoms with Gasteiger partial charge in [-0.1, -0.05) is 49.2 Å². The largest absolute Gasteiger partial charge is 1.00 e. The summed E-state index contributed by atoms with van der Waals surface area (Å²) in [7, 11) is 0. The summed E-state index contributed by atoms with van der Waals surface area (Å²) in [5.41, 5.74) is 1.20. The molecule has 6 nitrogen and oxygen atoms in total. The van der Waals surface area contributed by atoms with Crippen LogP contribution < -0.4 is 34.7 Å². The topological polar surface area (TPSA) is 107 Å². The molecular weight excluding hydrogens is 571 g/mol. The SMILES string of the molecule is CC(=O)O[C@H]1C[C@@]2(C)[C@H](C[C@@H](O)C3[C@@]4(C)CC[C@@H](O)[C@@H](C)C4CC[C@@]32C)C1=C(CCC(Br)=C(C)C)C(=O)[O-].[Na+]. The number of aliphatic hydroxyl groups is 2. The van der Waals surface area contributed by atoms with Gasteiger partial charge in [-0.2, -0.15) is 0 Å². The molecule has 4 fully saturated rings. The number of fused-ring (bicyclic) bond motifs is 5. The fourth-order valence-corrected chi connectivity index (χ4v) is 9.96. The first-order valence-electron chi connectivity index (χ1n) is 14.4. The van der Waals surface area contributed by atoms with Crippen molar-refractivity contribution in [3.8, 4) is 0 Å². The Morgan fingerprint density at radius 1 is 1.03 bits per heavy atom. The van der Waals surface area contributed by atoms with Crippen LogP contribution in [-0.2, 0) is 14.3 Å². The number of hydrogen-bond donors (Lipinski definition) is 2. The molecule has 0 aromatic rings. The number of carbonyl (C=O) groups excluding carboxylic acids is 2. The summed E-state index contributed by atoms with van der Waals surface area (Å²) in [5, 5.41) is 35.2. The molecule has 0 heterocycles. The van der Waals surface area contributed by atoms with Gasteiger partial charge in [-0.05, 0) is 121 Å². The Morgan fingerprint density at radius 3 is 2.23 bits per heavy atom. The molecule has 214 valence electrons. The number of halogens is 1. The molecule has 10 atom stereocenters. The van der Waals surface area contributed by atoms with Crippen LogP contribution in [0.5, 0.6) is 0 Å². The Bertz CT molecular complexity index is 1050. The minimum absolute atomic E-state index is 0. The van der Waals surface area contributed by atoms with Crippen molar-refractivity contribution in [3.05, 3.63) is 21.2 Å². The monoisotopic (exact) mass is 616 g/mol. The number of hydrogen-bond acceptors (Lipinski definition) is 6. The molecule has 2 unspecified atom stereocenters. The second-order valence-electron chi connectivity index (χ2n) is 13.7. The molecule has 0 aromatic carbocycles. The first-order chi connectivity index (χ1) is 17.6. The van der Waals surface area contributed by atoms with E-state index in [4.69, 9.17) is 4.74 Å². The first-order valence-corrected chi connectivity index (χ1v) is 15.2. The van der Waals surface area contributed by atoms with E-state index in [1.54, 1.807) is 0 Å². The van der Waals surface area contributed by atoms with Crippen molar-refractivity contribution in [1.29, 1.82) is 0 Å². The molecule has 4 rings (SSSR count). The molecule has 0 aromatic heterocycles. The van der Waals surface area contributed by atoms with E-state index in [0.29, 0.717) is 30.8 Å². The molecule has 0 aliphatic heterocycles. The normalized spacial score (nSPS) is 44.2. The Balaban J connectivity index is 0.00000420. The van der Waals surface area contributed by atoms with Crippen molar-refractivity contribution in [2.24, 2.45) is 39.9 Å². The predicted octanol–water partition coefficient (Wildman–Crippen LogP) is 2.06. The fraction of sp³-hybridized carbons (Fsp3) is 0.806. The quantitative estimate of drug-likeness (QED) is 0.278. The predicted molar refractivity (Wildman–Crippen MR) is 148 cm³/mol. The third-order valence-corrected chi connectivity index (χ3v) is 12.9. The Kier molecular flexibility index (Phi) is 10.1. The fourth-order valence-electron chi connectivity index (χ4n) is 9.76. The van der Waals surface area contributed by atoms with Crippen LogP contribution in [-0.4, -0.2) is 40.5 Å². The van der Waals surface area contributed by atoms with E-state index in [0.717, 1.165) is 35.7 Å². The molecule has 4 aliphatic rings. The van der Waals surface area contributed by atoms with Gasteiger partial charge >= 0.3 is 35.5 Å². The minimum Gasteiger partial charge on any atom is -0.545 e. The molecule has 8 heteroatoms. The standard InChI is InChI=1S/C31H47BrO6.Na/c1-16(2)22(32)9-8-19(28(36)37)26-21-14-24(35)27-29(5)12-11-23(34)17(3)20(29)10-13-30(27,6)31(21,7)15-25(26)38-18(4)33;/h17,20-21,23-25,27,34-35H,8-15H2,1-7H3,(H,36,37);/q;+1/p-1/t17-,20?,21+,23+,24+,25-,27?,29-,30-,31-;/m0./s1. The molecule has 2 N–H and O–H groups in total. The van der Waals surface area contributed by atoms with Crippen molar-refractivity contribution >= 4 is 27.9 Å². The molecule has 0 amide bonds. The molecule has 4 saturated carbocycles. The molecule has 0 saturated heterocycles. The van der Waals surface area contributed by atoms with Crippen LogP contribution in [0.4, 0.5) is 0 Å². The molecule has 39 heavy (non-hydrogen) atoms. The number of aliphatic carboxylic acids is 1. The van der Waals surface area contributed by atoms with Gasteiger partial charge in [0.2, 0.25) is 0 Å². The molecule has 0 bridgehead atoms. The second-order valence-corrected chi connectivity index (χ2v) is 14.7. The zero-order valence-corrected chi connectivity index (χ0v) is 28.7. The third-order valence-electron chi connectivity index (χ3n) is 11.7. The van der Waals surface area contributed by atoms with Crippen LogP contribution in [0.15, 0.2) is 21.2 Å². The maximum Gasteiger partial charge on any atom is 1.00 e. The zero-order valence-electron chi connectivity index (χ0n) is 25.1. The number of esters is 1. The summed E-state index contributed by atoms with van der Waals surface area (Å²) in [6.07, 6.45) is 3.72. The number of carboxylic acids is 1. The van der Waals surface area contributed by atoms with E-state index in [2.05, 4.69) is 43.6 Å². The summed E-state index contributed by atoms with van der Waals surface area (Å²) >= 11 is 3.57. The molecule has 0 radical (unpaired) electrons. The number of allylic oxidation sites excluding steroid dienone is 2. The van der Waals surface area contributed by atoms with Gasteiger partial charge in [-0.25, -0.2) is 0 Å². The number of aliphatic hydroxyl groups excluding tert-OH is 2. The summed E-state index contributed by atoms with van der Waals surface area (Å²) < 4.78 is 6.82. The van der Waals surface area contributed by atoms with Crippen LogP contribution in [0.25, 0.3) is 0 Å². The van der Waals surface area contributed by atoms with Crippen molar-refractivity contribution in [1.82, 2.24) is 0 Å². The van der Waals surface area contributed by atoms with Crippen molar-refractivity contribution < 1.29 is 59.2 Å². The number of rotatable bonds is 5. The van der Waals surface area contributed by atoms with Gasteiger partial charge < -0.3 is 24.9 Å². The van der Waals surface area contributed by atoms with Gasteiger partial charge in [0.15, 0.2) is 0 Å². The van der Waals surface area contributed by atoms with Crippen molar-refractivity contribution in [3.63, 3.8) is 0 Å². The Labute approximate surface area is 264 Å². The maximum absolute atomic E-state index is 12.6. The van der Waals surface area contributed by atoms with E-state index in [-0.39, 0.29) is 81.7 Å². The van der Waals surface area contributed by atoms with Gasteiger partial charge in [0.05, 0.1) is 18.2 Å². The number of carboxylic acid groups (broad SMARTS) is 1. The minimum atomic E-state index is -1.22. The summed E-state index contributed by atoms with van der Waals surface area (Å²) in [6, 6.07) is 0. The molecule has 4 aliphatic carbocycles. The van der Waals surface area contributed by atoms with Crippen molar-refractivity contribution in [2.75, 3.05) is 0 Å². The summed E-state index contributed by atoms with van der Waals surface area (Å²) in [4.78, 5) is 24.8. The Hall–Kier alpha value is -0.180. The van der Waals surface area contributed by atoms with E-state index >= 15 is 0 Å². The Morgan fingerprint density at radius 2 is 1.67 bits per heavy atom. The van der Waals surface area contributed by atoms with Gasteiger partial charge in [0.1, 0.15) is 6.10 Å². The third kappa shape index (κ3) is 5.40. The van der Waals surface area contributed by atoms with E-state index in [9.17, 15) is 24.9 Å². The smallest absolute Gasteiger partial charge is 0.545 e. The average Bonchev–Trinajstić information content (AvgIpc) is 3.08. The van der Waals surface area contributed by atoms with Gasteiger partial charge in [-0.15, -0.1) is 0 Å². The van der Waals surface area contributed by atoms with Crippen LogP contribution in [0, 0.1) is 39.9 Å². The summed E-state index contributed by atoms with van der Waals surface area (Å²) in [6.45, 7) is 14.3. The molecule has 0 spiro atoms. The van der Waals surface area contributed by atoms with E-state index < -0.39 is 24.1 Å². The van der Waals surface area contributed by atoms with Gasteiger partial charge in [-0.3, -0.25) is 4.79 Å². The summed E-state index contributed by atoms with van der Waals surface area (Å²) in [5.74, 6) is -1.32. The van der Waals surface area contributed by atoms with Crippen LogP contribution >= 0.6 is 15.9 Å². The molecular formula is C31H46BrNaO6. The van der Waals surface area contributed by atoms with E-state index in [1.165, 1.54) is 6.92 Å². The second kappa shape index (κ2) is 11.8. The van der Waals surface area contributed by atoms with Crippen molar-refractivity contribution in [2.45, 2.75) is 118 Å². The van der Waals surface area contributed by atoms with Gasteiger partial charge in [0, 0.05) is 6.92 Å². The van der Waals surface area contributed by atoms with Gasteiger partial charge in [0.25, 0.3) is 0 Å². The first kappa shape index (κ1) is 33.3. The maximum atomic E-state index is 12.6. The zero-order chi connectivity index (χ0) is 28.4. The number of carbonyl (C=O) groups is 2.